The van der Waals surface area contributed by atoms with Gasteiger partial charge in [0, 0.05) is 31.2 Å². The molecule has 1 aliphatic rings. The average molecular weight is 486 g/mol. The zero-order valence-corrected chi connectivity index (χ0v) is 25.0. The predicted octanol–water partition coefficient (Wildman–Crippen LogP) is 8.99. The Balaban J connectivity index is 0. The first kappa shape index (κ1) is 33.1. The van der Waals surface area contributed by atoms with Crippen molar-refractivity contribution in [3.8, 4) is 5.75 Å². The smallest absolute Gasteiger partial charge is 0.126 e. The van der Waals surface area contributed by atoms with Gasteiger partial charge < -0.3 is 4.74 Å². The summed E-state index contributed by atoms with van der Waals surface area (Å²) in [6, 6.07) is 8.25. The van der Waals surface area contributed by atoms with Gasteiger partial charge in [0.2, 0.25) is 0 Å². The van der Waals surface area contributed by atoms with Gasteiger partial charge in [0.1, 0.15) is 5.75 Å². The number of benzene rings is 1. The van der Waals surface area contributed by atoms with Gasteiger partial charge in [-0.05, 0) is 34.1 Å². The molecule has 1 aliphatic carbocycles. The maximum Gasteiger partial charge on any atom is 0.126 e. The molecule has 32 heavy (non-hydrogen) atoms. The van der Waals surface area contributed by atoms with Gasteiger partial charge in [-0.15, -0.1) is 6.42 Å². The van der Waals surface area contributed by atoms with E-state index in [9.17, 15) is 0 Å². The molecule has 2 rings (SSSR count). The van der Waals surface area contributed by atoms with Gasteiger partial charge in [-0.1, -0.05) is 106 Å². The van der Waals surface area contributed by atoms with E-state index >= 15 is 0 Å². The van der Waals surface area contributed by atoms with Crippen molar-refractivity contribution in [1.29, 1.82) is 0 Å². The standard InChI is InChI=1S/C18H26O.C9H13.C2H6Si.Ti/c1-8-14(17(2,3)4)13-19-16-11-9-10-15(12-16)18(5,6)7;1-9(2,3)8-6-4-5-7-8;1-3-2;/h8-13H,1H2,2-7H3;6-7H,4H2,1-3H3;1-2H3;/q;-1;;. The molecule has 1 aromatic carbocycles. The van der Waals surface area contributed by atoms with Crippen molar-refractivity contribution in [2.75, 3.05) is 0 Å². The van der Waals surface area contributed by atoms with Crippen LogP contribution < -0.4 is 4.74 Å². The Labute approximate surface area is 217 Å². The topological polar surface area (TPSA) is 9.23 Å². The van der Waals surface area contributed by atoms with Gasteiger partial charge in [-0.2, -0.15) is 11.6 Å². The molecular formula is C29H45OSiTi-. The summed E-state index contributed by atoms with van der Waals surface area (Å²) in [5.74, 6) is 0.871. The van der Waals surface area contributed by atoms with Crippen molar-refractivity contribution < 1.29 is 26.5 Å². The maximum atomic E-state index is 5.79. The summed E-state index contributed by atoms with van der Waals surface area (Å²) in [5, 5.41) is 0. The van der Waals surface area contributed by atoms with E-state index in [0.29, 0.717) is 5.41 Å². The van der Waals surface area contributed by atoms with Gasteiger partial charge in [0.15, 0.2) is 0 Å². The molecule has 0 saturated carbocycles. The molecule has 2 radical (unpaired) electrons. The zero-order valence-electron chi connectivity index (χ0n) is 22.4. The van der Waals surface area contributed by atoms with Crippen molar-refractivity contribution >= 4 is 9.52 Å². The first-order valence-electron chi connectivity index (χ1n) is 11.1. The number of rotatable bonds is 3. The zero-order chi connectivity index (χ0) is 24.3. The van der Waals surface area contributed by atoms with Crippen LogP contribution in [-0.4, -0.2) is 9.52 Å². The molecule has 3 heteroatoms. The molecule has 1 aromatic rings. The van der Waals surface area contributed by atoms with Crippen LogP contribution in [-0.2, 0) is 27.1 Å². The summed E-state index contributed by atoms with van der Waals surface area (Å²) in [6.07, 6.45) is 12.2. The first-order chi connectivity index (χ1) is 14.2. The number of hydrogen-bond donors (Lipinski definition) is 0. The van der Waals surface area contributed by atoms with Crippen molar-refractivity contribution in [1.82, 2.24) is 0 Å². The Morgan fingerprint density at radius 2 is 1.56 bits per heavy atom. The van der Waals surface area contributed by atoms with Gasteiger partial charge in [0.05, 0.1) is 6.26 Å². The molecule has 176 valence electrons. The summed E-state index contributed by atoms with van der Waals surface area (Å²) in [4.78, 5) is 0. The Morgan fingerprint density at radius 3 is 1.91 bits per heavy atom. The molecule has 0 atom stereocenters. The van der Waals surface area contributed by atoms with Crippen LogP contribution in [0.2, 0.25) is 13.1 Å². The molecule has 0 fully saturated rings. The molecule has 0 aliphatic heterocycles. The monoisotopic (exact) mass is 485 g/mol. The SMILES string of the molecule is C=CC(=COc1cccc(C(C)(C)C)c1)C(C)(C)C.CC(C)(C)C1=CC[C-]=C1.C[Si]C.[Ti]. The van der Waals surface area contributed by atoms with E-state index in [0.717, 1.165) is 27.3 Å². The normalized spacial score (nSPS) is 13.6. The summed E-state index contributed by atoms with van der Waals surface area (Å²) in [6.45, 7) is 27.9. The Morgan fingerprint density at radius 1 is 1.00 bits per heavy atom. The second-order valence-electron chi connectivity index (χ2n) is 10.9. The molecule has 0 unspecified atom stereocenters. The minimum absolute atomic E-state index is 0. The van der Waals surface area contributed by atoms with Crippen LogP contribution in [0.5, 0.6) is 5.75 Å². The fourth-order valence-corrected chi connectivity index (χ4v) is 2.62. The average Bonchev–Trinajstić information content (AvgIpc) is 3.17. The van der Waals surface area contributed by atoms with Gasteiger partial charge in [0.25, 0.3) is 0 Å². The molecule has 1 nitrogen and oxygen atoms in total. The number of allylic oxidation sites excluding steroid dienone is 6. The maximum absolute atomic E-state index is 5.79. The minimum atomic E-state index is 0. The van der Waals surface area contributed by atoms with Crippen LogP contribution in [0.1, 0.15) is 74.3 Å². The van der Waals surface area contributed by atoms with Crippen LogP contribution in [0.15, 0.2) is 66.5 Å². The van der Waals surface area contributed by atoms with E-state index < -0.39 is 0 Å². The van der Waals surface area contributed by atoms with E-state index in [1.54, 1.807) is 6.26 Å². The molecule has 0 bridgehead atoms. The van der Waals surface area contributed by atoms with Crippen molar-refractivity contribution in [2.24, 2.45) is 10.8 Å². The number of hydrogen-bond acceptors (Lipinski definition) is 1. The van der Waals surface area contributed by atoms with E-state index in [-0.39, 0.29) is 32.5 Å². The van der Waals surface area contributed by atoms with Gasteiger partial charge in [-0.3, -0.25) is 6.08 Å². The third-order valence-electron chi connectivity index (χ3n) is 4.67. The first-order valence-corrected chi connectivity index (χ1v) is 13.1. The second kappa shape index (κ2) is 14.9. The molecule has 0 aromatic heterocycles. The van der Waals surface area contributed by atoms with Crippen LogP contribution in [0.25, 0.3) is 0 Å². The summed E-state index contributed by atoms with van der Waals surface area (Å²) >= 11 is 0. The van der Waals surface area contributed by atoms with E-state index in [2.05, 4.69) is 112 Å². The van der Waals surface area contributed by atoms with Gasteiger partial charge >= 0.3 is 0 Å². The third kappa shape index (κ3) is 13.5. The summed E-state index contributed by atoms with van der Waals surface area (Å²) in [5.41, 5.74) is 4.28. The molecule has 0 amide bonds. The third-order valence-corrected chi connectivity index (χ3v) is 4.67. The van der Waals surface area contributed by atoms with Crippen molar-refractivity contribution in [3.63, 3.8) is 0 Å². The summed E-state index contributed by atoms with van der Waals surface area (Å²) in [7, 11) is 1.08. The molecule has 0 spiro atoms. The van der Waals surface area contributed by atoms with Crippen molar-refractivity contribution in [3.05, 3.63) is 78.1 Å². The number of ether oxygens (including phenoxy) is 1. The van der Waals surface area contributed by atoms with E-state index in [1.165, 1.54) is 11.1 Å². The molecule has 0 saturated heterocycles. The Bertz CT molecular complexity index is 766. The fraction of sp³-hybridized carbons (Fsp3) is 0.517. The predicted molar refractivity (Wildman–Crippen MR) is 141 cm³/mol. The summed E-state index contributed by atoms with van der Waals surface area (Å²) < 4.78 is 5.79. The second-order valence-corrected chi connectivity index (χ2v) is 11.9. The molecular weight excluding hydrogens is 440 g/mol. The Kier molecular flexibility index (Phi) is 15.4. The van der Waals surface area contributed by atoms with Gasteiger partial charge in [-0.25, -0.2) is 6.08 Å². The Hall–Kier alpha value is -1.09. The quantitative estimate of drug-likeness (QED) is 0.180. The van der Waals surface area contributed by atoms with E-state index in [1.807, 2.05) is 18.2 Å². The van der Waals surface area contributed by atoms with Crippen molar-refractivity contribution in [2.45, 2.75) is 87.2 Å². The van der Waals surface area contributed by atoms with Crippen LogP contribution in [0, 0.1) is 16.9 Å². The van der Waals surface area contributed by atoms with Crippen LogP contribution in [0.4, 0.5) is 0 Å². The minimum Gasteiger partial charge on any atom is -0.465 e. The van der Waals surface area contributed by atoms with Crippen LogP contribution >= 0.6 is 0 Å². The molecule has 0 heterocycles. The fourth-order valence-electron chi connectivity index (χ4n) is 2.62. The molecule has 0 N–H and O–H groups in total. The largest absolute Gasteiger partial charge is 0.465 e. The van der Waals surface area contributed by atoms with E-state index in [4.69, 9.17) is 4.74 Å². The van der Waals surface area contributed by atoms with Crippen LogP contribution in [0.3, 0.4) is 0 Å².